The van der Waals surface area contributed by atoms with Crippen molar-refractivity contribution in [1.82, 2.24) is 0 Å². The number of hydrogen-bond donors (Lipinski definition) is 0. The van der Waals surface area contributed by atoms with Crippen LogP contribution in [0.5, 0.6) is 23.0 Å². The quantitative estimate of drug-likeness (QED) is 0.789. The fourth-order valence-electron chi connectivity index (χ4n) is 4.59. The summed E-state index contributed by atoms with van der Waals surface area (Å²) in [5.41, 5.74) is 3.15. The third-order valence-electron chi connectivity index (χ3n) is 6.04. The van der Waals surface area contributed by atoms with Crippen molar-refractivity contribution in [3.8, 4) is 23.0 Å². The van der Waals surface area contributed by atoms with Gasteiger partial charge in [-0.15, -0.1) is 0 Å². The molecule has 0 radical (unpaired) electrons. The average Bonchev–Trinajstić information content (AvgIpc) is 2.88. The first-order valence-electron chi connectivity index (χ1n) is 9.59. The average molecular weight is 396 g/mol. The SMILES string of the molecule is COc1cc2c(cc1OC)C(=O)C1c3cc(OC)c(OC)cc3CC(=O)C1CC2. The van der Waals surface area contributed by atoms with Crippen LogP contribution in [0.1, 0.15) is 39.4 Å². The van der Waals surface area contributed by atoms with Gasteiger partial charge in [0, 0.05) is 17.9 Å². The highest BCUT2D eigenvalue weighted by atomic mass is 16.5. The molecule has 0 heterocycles. The predicted octanol–water partition coefficient (Wildman–Crippen LogP) is 3.38. The number of benzene rings is 2. The van der Waals surface area contributed by atoms with Crippen molar-refractivity contribution in [2.24, 2.45) is 5.92 Å². The fraction of sp³-hybridized carbons (Fsp3) is 0.391. The Morgan fingerprint density at radius 2 is 1.31 bits per heavy atom. The number of fused-ring (bicyclic) bond motifs is 4. The van der Waals surface area contributed by atoms with Crippen molar-refractivity contribution in [2.45, 2.75) is 25.2 Å². The lowest BCUT2D eigenvalue weighted by atomic mass is 9.71. The number of aryl methyl sites for hydroxylation is 1. The molecule has 0 N–H and O–H groups in total. The topological polar surface area (TPSA) is 71.1 Å². The van der Waals surface area contributed by atoms with Gasteiger partial charge in [0.1, 0.15) is 5.78 Å². The number of rotatable bonds is 4. The zero-order valence-electron chi connectivity index (χ0n) is 17.0. The summed E-state index contributed by atoms with van der Waals surface area (Å²) in [6, 6.07) is 7.25. The van der Waals surface area contributed by atoms with E-state index >= 15 is 0 Å². The lowest BCUT2D eigenvalue weighted by Gasteiger charge is -2.31. The normalized spacial score (nSPS) is 20.1. The summed E-state index contributed by atoms with van der Waals surface area (Å²) < 4.78 is 21.6. The highest BCUT2D eigenvalue weighted by Crippen LogP contribution is 2.46. The summed E-state index contributed by atoms with van der Waals surface area (Å²) in [6.45, 7) is 0. The molecule has 0 saturated carbocycles. The van der Waals surface area contributed by atoms with Crippen LogP contribution in [0.3, 0.4) is 0 Å². The number of methoxy groups -OCH3 is 4. The zero-order chi connectivity index (χ0) is 20.7. The molecule has 0 saturated heterocycles. The first-order valence-corrected chi connectivity index (χ1v) is 9.59. The maximum atomic E-state index is 13.7. The van der Waals surface area contributed by atoms with Gasteiger partial charge >= 0.3 is 0 Å². The minimum Gasteiger partial charge on any atom is -0.493 e. The molecular formula is C23H24O6. The third-order valence-corrected chi connectivity index (χ3v) is 6.04. The molecule has 0 bridgehead atoms. The Morgan fingerprint density at radius 3 is 1.93 bits per heavy atom. The van der Waals surface area contributed by atoms with E-state index < -0.39 is 5.92 Å². The number of carbonyl (C=O) groups excluding carboxylic acids is 2. The maximum Gasteiger partial charge on any atom is 0.171 e. The van der Waals surface area contributed by atoms with E-state index in [9.17, 15) is 9.59 Å². The standard InChI is InChI=1S/C23H24O6/c1-26-18-8-12-5-6-14-17(24)7-13-9-19(27-2)20(28-3)10-15(13)22(14)23(25)16(12)11-21(18)29-4/h8-11,14,22H,5-7H2,1-4H3. The van der Waals surface area contributed by atoms with Gasteiger partial charge in [-0.25, -0.2) is 0 Å². The van der Waals surface area contributed by atoms with Crippen molar-refractivity contribution >= 4 is 11.6 Å². The monoisotopic (exact) mass is 396 g/mol. The van der Waals surface area contributed by atoms with Gasteiger partial charge in [-0.3, -0.25) is 9.59 Å². The molecule has 2 aromatic rings. The lowest BCUT2D eigenvalue weighted by molar-refractivity contribution is -0.123. The number of hydrogen-bond acceptors (Lipinski definition) is 6. The lowest BCUT2D eigenvalue weighted by Crippen LogP contribution is -2.33. The fourth-order valence-corrected chi connectivity index (χ4v) is 4.59. The number of carbonyl (C=O) groups is 2. The van der Waals surface area contributed by atoms with Gasteiger partial charge in [-0.2, -0.15) is 0 Å². The molecule has 0 aliphatic heterocycles. The molecule has 0 fully saturated rings. The molecule has 29 heavy (non-hydrogen) atoms. The van der Waals surface area contributed by atoms with Crippen LogP contribution in [0.25, 0.3) is 0 Å². The molecule has 2 atom stereocenters. The van der Waals surface area contributed by atoms with Crippen LogP contribution in [0.4, 0.5) is 0 Å². The Morgan fingerprint density at radius 1 is 0.759 bits per heavy atom. The van der Waals surface area contributed by atoms with Crippen LogP contribution in [0, 0.1) is 5.92 Å². The Balaban J connectivity index is 1.89. The summed E-state index contributed by atoms with van der Waals surface area (Å²) in [5, 5.41) is 0. The summed E-state index contributed by atoms with van der Waals surface area (Å²) in [5.74, 6) is 1.35. The van der Waals surface area contributed by atoms with Crippen LogP contribution < -0.4 is 18.9 Å². The van der Waals surface area contributed by atoms with Crippen LogP contribution in [0.2, 0.25) is 0 Å². The van der Waals surface area contributed by atoms with Gasteiger partial charge < -0.3 is 18.9 Å². The van der Waals surface area contributed by atoms with Gasteiger partial charge in [0.2, 0.25) is 0 Å². The van der Waals surface area contributed by atoms with E-state index in [1.165, 1.54) is 0 Å². The Labute approximate surface area is 169 Å². The first kappa shape index (κ1) is 19.3. The first-order chi connectivity index (χ1) is 14.0. The zero-order valence-corrected chi connectivity index (χ0v) is 17.0. The van der Waals surface area contributed by atoms with E-state index in [2.05, 4.69) is 0 Å². The van der Waals surface area contributed by atoms with E-state index in [-0.39, 0.29) is 17.5 Å². The highest BCUT2D eigenvalue weighted by Gasteiger charge is 2.43. The molecule has 6 heteroatoms. The second kappa shape index (κ2) is 7.43. The Bertz CT molecular complexity index is 993. The Kier molecular flexibility index (Phi) is 4.94. The summed E-state index contributed by atoms with van der Waals surface area (Å²) in [6.07, 6.45) is 1.55. The molecule has 2 unspecified atom stereocenters. The van der Waals surface area contributed by atoms with Gasteiger partial charge in [0.05, 0.1) is 34.4 Å². The van der Waals surface area contributed by atoms with E-state index in [0.717, 1.165) is 16.7 Å². The van der Waals surface area contributed by atoms with Gasteiger partial charge in [-0.05, 0) is 53.8 Å². The summed E-state index contributed by atoms with van der Waals surface area (Å²) in [7, 11) is 6.24. The van der Waals surface area contributed by atoms with E-state index in [4.69, 9.17) is 18.9 Å². The molecule has 0 spiro atoms. The van der Waals surface area contributed by atoms with Gasteiger partial charge in [0.25, 0.3) is 0 Å². The Hall–Kier alpha value is -3.02. The molecule has 2 aliphatic carbocycles. The van der Waals surface area contributed by atoms with Crippen molar-refractivity contribution in [3.63, 3.8) is 0 Å². The van der Waals surface area contributed by atoms with E-state index in [0.29, 0.717) is 47.8 Å². The second-order valence-corrected chi connectivity index (χ2v) is 7.40. The van der Waals surface area contributed by atoms with E-state index in [1.54, 1.807) is 34.5 Å². The predicted molar refractivity (Wildman–Crippen MR) is 107 cm³/mol. The van der Waals surface area contributed by atoms with Crippen molar-refractivity contribution in [1.29, 1.82) is 0 Å². The molecule has 6 nitrogen and oxygen atoms in total. The van der Waals surface area contributed by atoms with Crippen molar-refractivity contribution in [3.05, 3.63) is 46.5 Å². The van der Waals surface area contributed by atoms with Crippen molar-refractivity contribution in [2.75, 3.05) is 28.4 Å². The number of ketones is 2. The van der Waals surface area contributed by atoms with E-state index in [1.807, 2.05) is 18.2 Å². The van der Waals surface area contributed by atoms with Crippen LogP contribution >= 0.6 is 0 Å². The van der Waals surface area contributed by atoms with Crippen LogP contribution in [-0.2, 0) is 17.6 Å². The molecule has 152 valence electrons. The molecule has 4 rings (SSSR count). The minimum atomic E-state index is -0.537. The van der Waals surface area contributed by atoms with Crippen LogP contribution in [0.15, 0.2) is 24.3 Å². The largest absolute Gasteiger partial charge is 0.493 e. The number of ether oxygens (including phenoxy) is 4. The minimum absolute atomic E-state index is 0.0648. The van der Waals surface area contributed by atoms with Gasteiger partial charge in [-0.1, -0.05) is 0 Å². The smallest absolute Gasteiger partial charge is 0.171 e. The third kappa shape index (κ3) is 3.03. The summed E-state index contributed by atoms with van der Waals surface area (Å²) in [4.78, 5) is 26.6. The molecule has 2 aromatic carbocycles. The van der Waals surface area contributed by atoms with Crippen LogP contribution in [-0.4, -0.2) is 40.0 Å². The summed E-state index contributed by atoms with van der Waals surface area (Å²) >= 11 is 0. The molecule has 0 amide bonds. The van der Waals surface area contributed by atoms with Gasteiger partial charge in [0.15, 0.2) is 28.8 Å². The number of Topliss-reactive ketones (excluding diaryl/α,β-unsaturated/α-hetero) is 2. The molecular weight excluding hydrogens is 372 g/mol. The maximum absolute atomic E-state index is 13.7. The second-order valence-electron chi connectivity index (χ2n) is 7.40. The molecule has 2 aliphatic rings. The van der Waals surface area contributed by atoms with Crippen molar-refractivity contribution < 1.29 is 28.5 Å². The molecule has 0 aromatic heterocycles. The highest BCUT2D eigenvalue weighted by molar-refractivity contribution is 6.07.